The lowest BCUT2D eigenvalue weighted by molar-refractivity contribution is -0.113. The van der Waals surface area contributed by atoms with E-state index in [1.165, 1.54) is 28.8 Å². The summed E-state index contributed by atoms with van der Waals surface area (Å²) >= 11 is 6.86. The lowest BCUT2D eigenvalue weighted by Gasteiger charge is -2.28. The van der Waals surface area contributed by atoms with Crippen molar-refractivity contribution in [2.75, 3.05) is 10.7 Å². The van der Waals surface area contributed by atoms with Crippen molar-refractivity contribution in [2.45, 2.75) is 24.9 Å². The summed E-state index contributed by atoms with van der Waals surface area (Å²) in [6, 6.07) is 10.7. The van der Waals surface area contributed by atoms with Gasteiger partial charge in [0.2, 0.25) is 0 Å². The molecule has 0 saturated carbocycles. The smallest absolute Gasteiger partial charge is 0.387 e. The van der Waals surface area contributed by atoms with Gasteiger partial charge in [-0.15, -0.1) is 11.8 Å². The third-order valence-corrected chi connectivity index (χ3v) is 5.77. The largest absolute Gasteiger partial charge is 0.434 e. The molecule has 0 spiro atoms. The molecule has 0 fully saturated rings. The van der Waals surface area contributed by atoms with E-state index in [0.29, 0.717) is 27.6 Å². The monoisotopic (exact) mass is 441 g/mol. The van der Waals surface area contributed by atoms with Gasteiger partial charge >= 0.3 is 6.61 Å². The molecule has 0 unspecified atom stereocenters. The molecular weight excluding hydrogens is 426 g/mol. The fraction of sp³-hybridized carbons (Fsp3) is 0.200. The molecule has 3 rings (SSSR count). The van der Waals surface area contributed by atoms with Crippen LogP contribution in [-0.2, 0) is 4.79 Å². The van der Waals surface area contributed by atoms with Crippen molar-refractivity contribution in [3.63, 3.8) is 0 Å². The summed E-state index contributed by atoms with van der Waals surface area (Å²) in [4.78, 5) is 15.6. The zero-order valence-corrected chi connectivity index (χ0v) is 16.7. The van der Waals surface area contributed by atoms with E-state index >= 15 is 0 Å². The number of hydrogen-bond donors (Lipinski definition) is 0. The second-order valence-corrected chi connectivity index (χ2v) is 7.57. The van der Waals surface area contributed by atoms with Gasteiger partial charge in [0.25, 0.3) is 12.3 Å². The number of hydrogen-bond acceptors (Lipinski definition) is 4. The highest BCUT2D eigenvalue weighted by molar-refractivity contribution is 8.01. The highest BCUT2D eigenvalue weighted by Crippen LogP contribution is 2.36. The van der Waals surface area contributed by atoms with E-state index in [2.05, 4.69) is 4.74 Å². The molecule has 0 N–H and O–H groups in total. The van der Waals surface area contributed by atoms with Crippen LogP contribution in [0.2, 0.25) is 0 Å². The Bertz CT molecular complexity index is 979. The summed E-state index contributed by atoms with van der Waals surface area (Å²) in [5.41, 5.74) is 0.728. The van der Waals surface area contributed by atoms with Gasteiger partial charge in [-0.05, 0) is 42.3 Å². The van der Waals surface area contributed by atoms with Crippen LogP contribution in [0.25, 0.3) is 5.57 Å². The zero-order valence-electron chi connectivity index (χ0n) is 15.1. The molecule has 0 aromatic heterocycles. The van der Waals surface area contributed by atoms with Gasteiger partial charge in [-0.3, -0.25) is 9.69 Å². The highest BCUT2D eigenvalue weighted by atomic mass is 32.2. The van der Waals surface area contributed by atoms with Crippen LogP contribution in [0.4, 0.5) is 23.2 Å². The molecule has 0 radical (unpaired) electrons. The summed E-state index contributed by atoms with van der Waals surface area (Å²) in [5.74, 6) is -0.557. The third kappa shape index (κ3) is 4.79. The van der Waals surface area contributed by atoms with Crippen molar-refractivity contribution in [3.05, 3.63) is 59.7 Å². The minimum absolute atomic E-state index is 0.309. The number of fused-ring (bicyclic) bond motifs is 1. The van der Waals surface area contributed by atoms with E-state index in [1.807, 2.05) is 12.1 Å². The minimum atomic E-state index is -3.24. The Morgan fingerprint density at radius 1 is 1.21 bits per heavy atom. The minimum Gasteiger partial charge on any atom is -0.434 e. The van der Waals surface area contributed by atoms with Crippen molar-refractivity contribution in [1.82, 2.24) is 0 Å². The molecular formula is C20H15F4NO2S2. The van der Waals surface area contributed by atoms with Crippen LogP contribution in [0.15, 0.2) is 53.4 Å². The van der Waals surface area contributed by atoms with Crippen LogP contribution >= 0.6 is 24.0 Å². The van der Waals surface area contributed by atoms with Crippen LogP contribution in [0.5, 0.6) is 5.75 Å². The Balaban J connectivity index is 1.93. The SMILES string of the molecule is C/C(=C\C(=O)N1C(=S)CSc2ccccc21)c1ccc(C(F)F)c(OC(F)F)c1. The van der Waals surface area contributed by atoms with Crippen LogP contribution in [0.1, 0.15) is 24.5 Å². The van der Waals surface area contributed by atoms with E-state index < -0.39 is 30.3 Å². The Hall–Kier alpha value is -2.39. The number of halogens is 4. The molecule has 29 heavy (non-hydrogen) atoms. The van der Waals surface area contributed by atoms with Crippen LogP contribution in [-0.4, -0.2) is 23.3 Å². The van der Waals surface area contributed by atoms with Gasteiger partial charge < -0.3 is 4.74 Å². The maximum Gasteiger partial charge on any atom is 0.387 e. The topological polar surface area (TPSA) is 29.5 Å². The van der Waals surface area contributed by atoms with Gasteiger partial charge in [-0.25, -0.2) is 8.78 Å². The van der Waals surface area contributed by atoms with E-state index in [1.54, 1.807) is 19.1 Å². The number of rotatable bonds is 5. The van der Waals surface area contributed by atoms with E-state index in [0.717, 1.165) is 17.0 Å². The molecule has 0 aliphatic carbocycles. The number of allylic oxidation sites excluding steroid dienone is 1. The lowest BCUT2D eigenvalue weighted by atomic mass is 10.0. The van der Waals surface area contributed by atoms with Gasteiger partial charge in [0.1, 0.15) is 10.7 Å². The van der Waals surface area contributed by atoms with Gasteiger partial charge in [0.15, 0.2) is 0 Å². The Kier molecular flexibility index (Phi) is 6.59. The molecule has 0 saturated heterocycles. The van der Waals surface area contributed by atoms with Crippen molar-refractivity contribution < 1.29 is 27.1 Å². The number of thioether (sulfide) groups is 1. The first kappa shape index (κ1) is 21.3. The van der Waals surface area contributed by atoms with Crippen molar-refractivity contribution >= 4 is 46.1 Å². The van der Waals surface area contributed by atoms with Gasteiger partial charge in [-0.2, -0.15) is 8.78 Å². The van der Waals surface area contributed by atoms with Crippen LogP contribution in [0, 0.1) is 0 Å². The molecule has 3 nitrogen and oxygen atoms in total. The molecule has 1 amide bonds. The summed E-state index contributed by atoms with van der Waals surface area (Å²) in [5, 5.41) is 0. The van der Waals surface area contributed by atoms with Gasteiger partial charge in [0.05, 0.1) is 11.3 Å². The normalized spacial score (nSPS) is 14.4. The second-order valence-electron chi connectivity index (χ2n) is 6.08. The number of benzene rings is 2. The van der Waals surface area contributed by atoms with Crippen molar-refractivity contribution in [3.8, 4) is 5.75 Å². The van der Waals surface area contributed by atoms with E-state index in [-0.39, 0.29) is 0 Å². The summed E-state index contributed by atoms with van der Waals surface area (Å²) in [7, 11) is 0. The number of anilines is 1. The second kappa shape index (κ2) is 8.96. The Labute approximate surface area is 174 Å². The van der Waals surface area contributed by atoms with E-state index in [9.17, 15) is 22.4 Å². The Morgan fingerprint density at radius 2 is 1.93 bits per heavy atom. The molecule has 152 valence electrons. The average Bonchev–Trinajstić information content (AvgIpc) is 2.66. The first-order valence-electron chi connectivity index (χ1n) is 8.42. The first-order chi connectivity index (χ1) is 13.8. The first-order valence-corrected chi connectivity index (χ1v) is 9.81. The van der Waals surface area contributed by atoms with Gasteiger partial charge in [-0.1, -0.05) is 30.4 Å². The summed E-state index contributed by atoms with van der Waals surface area (Å²) in [6.45, 7) is -1.66. The van der Waals surface area contributed by atoms with Crippen molar-refractivity contribution in [1.29, 1.82) is 0 Å². The fourth-order valence-electron chi connectivity index (χ4n) is 2.84. The van der Waals surface area contributed by atoms with Crippen LogP contribution < -0.4 is 9.64 Å². The summed E-state index contributed by atoms with van der Waals surface area (Å²) in [6.07, 6.45) is -1.67. The molecule has 1 aliphatic rings. The lowest BCUT2D eigenvalue weighted by Crippen LogP contribution is -2.38. The number of amides is 1. The molecule has 1 aliphatic heterocycles. The number of thiocarbonyl (C=S) groups is 1. The number of carbonyl (C=O) groups is 1. The third-order valence-electron chi connectivity index (χ3n) is 4.19. The van der Waals surface area contributed by atoms with Gasteiger partial charge in [0, 0.05) is 16.7 Å². The quantitative estimate of drug-likeness (QED) is 0.319. The maximum absolute atomic E-state index is 13.0. The molecule has 0 bridgehead atoms. The van der Waals surface area contributed by atoms with Crippen molar-refractivity contribution in [2.24, 2.45) is 0 Å². The van der Waals surface area contributed by atoms with E-state index in [4.69, 9.17) is 12.2 Å². The predicted octanol–water partition coefficient (Wildman–Crippen LogP) is 6.10. The predicted molar refractivity (Wildman–Crippen MR) is 109 cm³/mol. The summed E-state index contributed by atoms with van der Waals surface area (Å²) < 4.78 is 55.4. The molecule has 9 heteroatoms. The Morgan fingerprint density at radius 3 is 2.62 bits per heavy atom. The average molecular weight is 441 g/mol. The maximum atomic E-state index is 13.0. The number of carbonyl (C=O) groups excluding carboxylic acids is 1. The highest BCUT2D eigenvalue weighted by Gasteiger charge is 2.26. The number of ether oxygens (including phenoxy) is 1. The fourth-order valence-corrected chi connectivity index (χ4v) is 4.09. The number of para-hydroxylation sites is 1. The molecule has 0 atom stereocenters. The number of nitrogens with zero attached hydrogens (tertiary/aromatic N) is 1. The molecule has 1 heterocycles. The molecule has 2 aromatic carbocycles. The standard InChI is InChI=1S/C20H15F4NO2S2/c1-11(12-6-7-13(19(21)22)15(9-12)27-20(23)24)8-17(26)25-14-4-2-3-5-16(14)29-10-18(25)28/h2-9,19-20H,10H2,1H3/b11-8+. The number of alkyl halides is 4. The zero-order chi connectivity index (χ0) is 21.1. The molecule has 2 aromatic rings. The van der Waals surface area contributed by atoms with Crippen LogP contribution in [0.3, 0.4) is 0 Å².